The van der Waals surface area contributed by atoms with Gasteiger partial charge in [0.2, 0.25) is 5.16 Å². The Bertz CT molecular complexity index is 734. The summed E-state index contributed by atoms with van der Waals surface area (Å²) < 4.78 is 41.2. The summed E-state index contributed by atoms with van der Waals surface area (Å²) in [6.07, 6.45) is -2.63. The number of rotatable bonds is 8. The Hall–Kier alpha value is -1.59. The van der Waals surface area contributed by atoms with Gasteiger partial charge in [0.1, 0.15) is 0 Å². The van der Waals surface area contributed by atoms with Gasteiger partial charge in [0, 0.05) is 30.1 Å². The molecule has 0 radical (unpaired) electrons. The highest BCUT2D eigenvalue weighted by molar-refractivity contribution is 8.01. The van der Waals surface area contributed by atoms with Crippen molar-refractivity contribution >= 4 is 40.7 Å². The van der Waals surface area contributed by atoms with Crippen molar-refractivity contribution < 1.29 is 18.1 Å². The van der Waals surface area contributed by atoms with Crippen molar-refractivity contribution in [3.8, 4) is 0 Å². The van der Waals surface area contributed by atoms with Crippen molar-refractivity contribution in [1.82, 2.24) is 9.36 Å². The zero-order chi connectivity index (χ0) is 17.5. The lowest BCUT2D eigenvalue weighted by Gasteiger charge is -1.98. The highest BCUT2D eigenvalue weighted by Gasteiger charge is 2.09. The molecule has 5 nitrogen and oxygen atoms in total. The quantitative estimate of drug-likeness (QED) is 0.344. The zero-order valence-electron chi connectivity index (χ0n) is 11.9. The number of nitro benzene ring substituents is 1. The summed E-state index contributed by atoms with van der Waals surface area (Å²) in [5, 5.41) is 11.1. The monoisotopic (exact) mass is 393 g/mol. The molecule has 0 saturated carbocycles. The minimum atomic E-state index is -2.28. The van der Waals surface area contributed by atoms with Gasteiger partial charge >= 0.3 is 6.08 Å². The van der Waals surface area contributed by atoms with Crippen LogP contribution in [0.3, 0.4) is 0 Å². The summed E-state index contributed by atoms with van der Waals surface area (Å²) in [6.45, 7) is 0. The van der Waals surface area contributed by atoms with E-state index in [2.05, 4.69) is 9.36 Å². The lowest BCUT2D eigenvalue weighted by molar-refractivity contribution is -0.384. The van der Waals surface area contributed by atoms with Crippen LogP contribution in [0.25, 0.3) is 0 Å². The molecule has 0 amide bonds. The smallest absolute Gasteiger partial charge is 0.258 e. The van der Waals surface area contributed by atoms with Crippen molar-refractivity contribution in [2.45, 2.75) is 21.7 Å². The van der Waals surface area contributed by atoms with E-state index >= 15 is 0 Å². The van der Waals surface area contributed by atoms with Crippen LogP contribution in [-0.2, 0) is 5.75 Å². The molecule has 2 rings (SSSR count). The van der Waals surface area contributed by atoms with E-state index in [1.54, 1.807) is 12.1 Å². The van der Waals surface area contributed by atoms with E-state index < -0.39 is 16.8 Å². The maximum Gasteiger partial charge on any atom is 0.301 e. The maximum atomic E-state index is 12.7. The largest absolute Gasteiger partial charge is 0.301 e. The van der Waals surface area contributed by atoms with Gasteiger partial charge in [-0.2, -0.15) is 13.2 Å². The Balaban J connectivity index is 1.81. The molecule has 0 bridgehead atoms. The van der Waals surface area contributed by atoms with Gasteiger partial charge in [0.25, 0.3) is 5.69 Å². The van der Waals surface area contributed by atoms with E-state index in [1.165, 1.54) is 23.9 Å². The Kier molecular flexibility index (Phi) is 7.06. The van der Waals surface area contributed by atoms with Crippen molar-refractivity contribution in [2.75, 3.05) is 5.75 Å². The summed E-state index contributed by atoms with van der Waals surface area (Å²) in [5.74, 6) is -0.701. The number of aromatic nitrogens is 2. The first kappa shape index (κ1) is 18.7. The van der Waals surface area contributed by atoms with Crippen LogP contribution in [0.15, 0.2) is 45.7 Å². The van der Waals surface area contributed by atoms with Crippen LogP contribution in [0.5, 0.6) is 0 Å². The number of halogens is 3. The van der Waals surface area contributed by atoms with Crippen LogP contribution in [-0.4, -0.2) is 20.0 Å². The third-order valence-electron chi connectivity index (χ3n) is 2.66. The molecule has 0 saturated heterocycles. The molecule has 24 heavy (non-hydrogen) atoms. The Morgan fingerprint density at radius 1 is 1.21 bits per heavy atom. The number of nitro groups is 1. The third-order valence-corrected chi connectivity index (χ3v) is 5.53. The summed E-state index contributed by atoms with van der Waals surface area (Å²) >= 11 is 3.63. The third kappa shape index (κ3) is 5.80. The first-order valence-corrected chi connectivity index (χ1v) is 9.22. The van der Waals surface area contributed by atoms with Gasteiger partial charge < -0.3 is 0 Å². The van der Waals surface area contributed by atoms with E-state index in [-0.39, 0.29) is 17.9 Å². The number of allylic oxidation sites excluding steroid dienone is 1. The van der Waals surface area contributed by atoms with E-state index in [9.17, 15) is 23.3 Å². The average Bonchev–Trinajstić information content (AvgIpc) is 3.01. The molecule has 0 unspecified atom stereocenters. The van der Waals surface area contributed by atoms with E-state index in [0.717, 1.165) is 28.9 Å². The molecule has 0 fully saturated rings. The van der Waals surface area contributed by atoms with Crippen molar-refractivity contribution in [3.63, 3.8) is 0 Å². The molecule has 1 aromatic heterocycles. The van der Waals surface area contributed by atoms with Gasteiger partial charge in [-0.05, 0) is 17.1 Å². The second-order valence-electron chi connectivity index (χ2n) is 4.32. The van der Waals surface area contributed by atoms with Crippen LogP contribution in [0.2, 0.25) is 0 Å². The Labute approximate surface area is 147 Å². The number of non-ortho nitro benzene ring substituents is 1. The van der Waals surface area contributed by atoms with Crippen molar-refractivity contribution in [1.29, 1.82) is 0 Å². The van der Waals surface area contributed by atoms with Crippen LogP contribution >= 0.6 is 35.1 Å². The van der Waals surface area contributed by atoms with E-state index in [4.69, 9.17) is 0 Å². The van der Waals surface area contributed by atoms with E-state index in [1.807, 2.05) is 0 Å². The van der Waals surface area contributed by atoms with Crippen molar-refractivity contribution in [2.24, 2.45) is 0 Å². The lowest BCUT2D eigenvalue weighted by atomic mass is 10.2. The van der Waals surface area contributed by atoms with Gasteiger partial charge in [-0.25, -0.2) is 9.37 Å². The van der Waals surface area contributed by atoms with Gasteiger partial charge in [-0.1, -0.05) is 35.7 Å². The number of thioether (sulfide) groups is 2. The number of hydrogen-bond acceptors (Lipinski definition) is 7. The molecule has 1 heterocycles. The summed E-state index contributed by atoms with van der Waals surface area (Å²) in [4.78, 5) is 14.3. The highest BCUT2D eigenvalue weighted by atomic mass is 32.2. The average molecular weight is 393 g/mol. The maximum absolute atomic E-state index is 12.7. The lowest BCUT2D eigenvalue weighted by Crippen LogP contribution is -1.88. The normalized spacial score (nSPS) is 10.6. The summed E-state index contributed by atoms with van der Waals surface area (Å²) in [7, 11) is 0. The molecule has 2 aromatic rings. The Morgan fingerprint density at radius 3 is 2.54 bits per heavy atom. The molecule has 0 spiro atoms. The van der Waals surface area contributed by atoms with Gasteiger partial charge in [0.15, 0.2) is 10.2 Å². The fraction of sp³-hybridized carbons (Fsp3) is 0.231. The Morgan fingerprint density at radius 2 is 1.92 bits per heavy atom. The molecule has 0 aliphatic heterocycles. The molecular weight excluding hydrogens is 383 g/mol. The second-order valence-corrected chi connectivity index (χ2v) is 7.36. The fourth-order valence-corrected chi connectivity index (χ4v) is 4.08. The molecule has 11 heteroatoms. The predicted molar refractivity (Wildman–Crippen MR) is 88.3 cm³/mol. The molecule has 1 aromatic carbocycles. The first-order valence-electron chi connectivity index (χ1n) is 6.48. The van der Waals surface area contributed by atoms with Crippen LogP contribution in [0.1, 0.15) is 12.0 Å². The second kappa shape index (κ2) is 9.04. The van der Waals surface area contributed by atoms with Gasteiger partial charge in [0.05, 0.1) is 4.92 Å². The zero-order valence-corrected chi connectivity index (χ0v) is 14.4. The molecule has 0 aliphatic rings. The molecule has 0 N–H and O–H groups in total. The molecule has 0 aliphatic carbocycles. The molecular formula is C13H10F3N3O2S3. The van der Waals surface area contributed by atoms with Crippen LogP contribution in [0.4, 0.5) is 18.9 Å². The van der Waals surface area contributed by atoms with E-state index in [0.29, 0.717) is 15.2 Å². The molecule has 0 atom stereocenters. The van der Waals surface area contributed by atoms with Crippen molar-refractivity contribution in [3.05, 3.63) is 51.9 Å². The summed E-state index contributed by atoms with van der Waals surface area (Å²) in [5.41, 5.74) is 0.917. The minimum Gasteiger partial charge on any atom is -0.258 e. The van der Waals surface area contributed by atoms with Gasteiger partial charge in [-0.3, -0.25) is 10.1 Å². The predicted octanol–water partition coefficient (Wildman–Crippen LogP) is 5.30. The standard InChI is InChI=1S/C13H10F3N3O2S3/c14-10(11(15)16)5-6-22-13-17-12(18-24-13)23-7-8-1-3-9(4-2-8)19(20)21/h1-4H,5-7H2. The highest BCUT2D eigenvalue weighted by Crippen LogP contribution is 2.28. The summed E-state index contributed by atoms with van der Waals surface area (Å²) in [6, 6.07) is 6.18. The minimum absolute atomic E-state index is 0.0280. The molecule has 128 valence electrons. The van der Waals surface area contributed by atoms with Crippen LogP contribution in [0, 0.1) is 10.1 Å². The van der Waals surface area contributed by atoms with Crippen LogP contribution < -0.4 is 0 Å². The number of nitrogens with zero attached hydrogens (tertiary/aromatic N) is 3. The number of hydrogen-bond donors (Lipinski definition) is 0. The fourth-order valence-electron chi connectivity index (χ4n) is 1.50. The topological polar surface area (TPSA) is 68.9 Å². The number of benzene rings is 1. The SMILES string of the molecule is O=[N+]([O-])c1ccc(CSc2nsc(SCCC(F)=C(F)F)n2)cc1. The van der Waals surface area contributed by atoms with Gasteiger partial charge in [-0.15, -0.1) is 0 Å². The first-order chi connectivity index (χ1) is 11.5.